The second kappa shape index (κ2) is 7.52. The molecule has 0 aliphatic rings. The van der Waals surface area contributed by atoms with Crippen LogP contribution in [-0.2, 0) is 0 Å². The summed E-state index contributed by atoms with van der Waals surface area (Å²) in [4.78, 5) is 0. The summed E-state index contributed by atoms with van der Waals surface area (Å²) in [7, 11) is 0. The Kier molecular flexibility index (Phi) is 6.26. The van der Waals surface area contributed by atoms with Crippen LogP contribution in [-0.4, -0.2) is 24.6 Å². The molecule has 0 spiro atoms. The van der Waals surface area contributed by atoms with Crippen LogP contribution in [0.2, 0.25) is 0 Å². The molecule has 1 rings (SSSR count). The van der Waals surface area contributed by atoms with Crippen LogP contribution in [0.3, 0.4) is 0 Å². The molecule has 1 unspecified atom stereocenters. The molecule has 0 heterocycles. The van der Waals surface area contributed by atoms with E-state index in [9.17, 15) is 4.39 Å². The van der Waals surface area contributed by atoms with Gasteiger partial charge in [-0.3, -0.25) is 0 Å². The first kappa shape index (κ1) is 13.3. The Morgan fingerprint density at radius 2 is 2.31 bits per heavy atom. The molecule has 0 aliphatic carbocycles. The van der Waals surface area contributed by atoms with Crippen molar-refractivity contribution in [1.29, 1.82) is 0 Å². The number of benzene rings is 1. The molecule has 16 heavy (non-hydrogen) atoms. The van der Waals surface area contributed by atoms with Crippen molar-refractivity contribution in [3.05, 3.63) is 30.1 Å². The molecular weight excluding hydrogens is 223 g/mol. The maximum absolute atomic E-state index is 13.0. The fourth-order valence-corrected chi connectivity index (χ4v) is 1.99. The second-order valence-corrected chi connectivity index (χ2v) is 4.71. The molecule has 90 valence electrons. The van der Waals surface area contributed by atoms with Crippen molar-refractivity contribution >= 4 is 17.4 Å². The smallest absolute Gasteiger partial charge is 0.125 e. The van der Waals surface area contributed by atoms with Gasteiger partial charge in [-0.25, -0.2) is 4.39 Å². The molecule has 0 aliphatic heterocycles. The molecule has 0 amide bonds. The van der Waals surface area contributed by atoms with E-state index in [2.05, 4.69) is 11.6 Å². The van der Waals surface area contributed by atoms with E-state index < -0.39 is 0 Å². The number of anilines is 1. The lowest BCUT2D eigenvalue weighted by Crippen LogP contribution is -2.28. The number of nitrogens with two attached hydrogens (primary N) is 1. The third kappa shape index (κ3) is 4.86. The van der Waals surface area contributed by atoms with Gasteiger partial charge in [0.2, 0.25) is 0 Å². The molecule has 0 saturated carbocycles. The van der Waals surface area contributed by atoms with Gasteiger partial charge in [0.15, 0.2) is 0 Å². The first-order valence-electron chi connectivity index (χ1n) is 5.47. The normalized spacial score (nSPS) is 12.4. The summed E-state index contributed by atoms with van der Waals surface area (Å²) in [6, 6.07) is 6.73. The van der Waals surface area contributed by atoms with E-state index in [1.807, 2.05) is 17.8 Å². The molecule has 2 nitrogen and oxygen atoms in total. The largest absolute Gasteiger partial charge is 0.381 e. The van der Waals surface area contributed by atoms with Crippen LogP contribution in [0.4, 0.5) is 10.1 Å². The Bertz CT molecular complexity index is 307. The average Bonchev–Trinajstić information content (AvgIpc) is 2.28. The first-order valence-corrected chi connectivity index (χ1v) is 6.86. The van der Waals surface area contributed by atoms with Crippen LogP contribution in [0.15, 0.2) is 24.3 Å². The van der Waals surface area contributed by atoms with Crippen molar-refractivity contribution in [2.75, 3.05) is 23.9 Å². The summed E-state index contributed by atoms with van der Waals surface area (Å²) in [6.07, 6.45) is 4.25. The van der Waals surface area contributed by atoms with Gasteiger partial charge in [0, 0.05) is 18.3 Å². The van der Waals surface area contributed by atoms with E-state index in [4.69, 9.17) is 5.73 Å². The molecule has 1 aromatic carbocycles. The number of hydrogen-bond acceptors (Lipinski definition) is 3. The second-order valence-electron chi connectivity index (χ2n) is 3.72. The number of hydrogen-bond donors (Lipinski definition) is 2. The average molecular weight is 242 g/mol. The lowest BCUT2D eigenvalue weighted by Gasteiger charge is -2.17. The fraction of sp³-hybridized carbons (Fsp3) is 0.500. The Hall–Kier alpha value is -0.740. The molecule has 0 saturated heterocycles. The Morgan fingerprint density at radius 1 is 1.50 bits per heavy atom. The van der Waals surface area contributed by atoms with E-state index in [1.165, 1.54) is 12.1 Å². The molecule has 0 bridgehead atoms. The molecular formula is C12H19FN2S. The maximum Gasteiger partial charge on any atom is 0.125 e. The summed E-state index contributed by atoms with van der Waals surface area (Å²) in [5, 5.41) is 3.25. The zero-order valence-corrected chi connectivity index (χ0v) is 10.4. The summed E-state index contributed by atoms with van der Waals surface area (Å²) < 4.78 is 13.0. The monoisotopic (exact) mass is 242 g/mol. The Labute approximate surface area is 101 Å². The number of thioether (sulfide) groups is 1. The van der Waals surface area contributed by atoms with Gasteiger partial charge in [-0.15, -0.1) is 0 Å². The predicted molar refractivity (Wildman–Crippen MR) is 70.5 cm³/mol. The molecule has 0 radical (unpaired) electrons. The first-order chi connectivity index (χ1) is 7.76. The molecule has 1 aromatic rings. The van der Waals surface area contributed by atoms with Crippen molar-refractivity contribution < 1.29 is 4.39 Å². The quantitative estimate of drug-likeness (QED) is 0.722. The zero-order valence-electron chi connectivity index (χ0n) is 9.58. The van der Waals surface area contributed by atoms with Gasteiger partial charge in [-0.2, -0.15) is 11.8 Å². The van der Waals surface area contributed by atoms with Gasteiger partial charge in [0.1, 0.15) is 5.82 Å². The fourth-order valence-electron chi connectivity index (χ4n) is 1.54. The SMILES string of the molecule is CSCCCC(CN)Nc1cccc(F)c1. The van der Waals surface area contributed by atoms with Crippen LogP contribution in [0, 0.1) is 5.82 Å². The minimum Gasteiger partial charge on any atom is -0.381 e. The van der Waals surface area contributed by atoms with Crippen molar-refractivity contribution in [3.63, 3.8) is 0 Å². The summed E-state index contributed by atoms with van der Waals surface area (Å²) in [5.74, 6) is 0.923. The third-order valence-corrected chi connectivity index (χ3v) is 3.08. The van der Waals surface area contributed by atoms with Gasteiger partial charge >= 0.3 is 0 Å². The lowest BCUT2D eigenvalue weighted by molar-refractivity contribution is 0.624. The van der Waals surface area contributed by atoms with E-state index in [0.29, 0.717) is 6.54 Å². The highest BCUT2D eigenvalue weighted by molar-refractivity contribution is 7.98. The standard InChI is InChI=1S/C12H19FN2S/c1-16-7-3-6-12(9-14)15-11-5-2-4-10(13)8-11/h2,4-5,8,12,15H,3,6-7,9,14H2,1H3. The minimum absolute atomic E-state index is 0.218. The molecule has 0 fully saturated rings. The lowest BCUT2D eigenvalue weighted by atomic mass is 10.1. The van der Waals surface area contributed by atoms with Gasteiger partial charge in [0.25, 0.3) is 0 Å². The molecule has 0 aromatic heterocycles. The highest BCUT2D eigenvalue weighted by atomic mass is 32.2. The van der Waals surface area contributed by atoms with E-state index >= 15 is 0 Å². The van der Waals surface area contributed by atoms with E-state index in [1.54, 1.807) is 6.07 Å². The van der Waals surface area contributed by atoms with E-state index in [-0.39, 0.29) is 11.9 Å². The number of rotatable bonds is 7. The van der Waals surface area contributed by atoms with Crippen LogP contribution in [0.1, 0.15) is 12.8 Å². The molecule has 3 N–H and O–H groups in total. The number of nitrogens with one attached hydrogen (secondary N) is 1. The molecule has 4 heteroatoms. The van der Waals surface area contributed by atoms with Crippen LogP contribution in [0.25, 0.3) is 0 Å². The van der Waals surface area contributed by atoms with Crippen LogP contribution in [0.5, 0.6) is 0 Å². The van der Waals surface area contributed by atoms with Crippen molar-refractivity contribution in [2.24, 2.45) is 5.73 Å². The maximum atomic E-state index is 13.0. The highest BCUT2D eigenvalue weighted by Crippen LogP contribution is 2.12. The summed E-state index contributed by atoms with van der Waals surface area (Å²) >= 11 is 1.83. The van der Waals surface area contributed by atoms with E-state index in [0.717, 1.165) is 24.3 Å². The van der Waals surface area contributed by atoms with Crippen LogP contribution < -0.4 is 11.1 Å². The zero-order chi connectivity index (χ0) is 11.8. The van der Waals surface area contributed by atoms with Crippen molar-refractivity contribution in [1.82, 2.24) is 0 Å². The Morgan fingerprint density at radius 3 is 2.94 bits per heavy atom. The number of halogens is 1. The topological polar surface area (TPSA) is 38.0 Å². The summed E-state index contributed by atoms with van der Waals surface area (Å²) in [6.45, 7) is 0.574. The van der Waals surface area contributed by atoms with Gasteiger partial charge < -0.3 is 11.1 Å². The predicted octanol–water partition coefficient (Wildman–Crippen LogP) is 2.71. The Balaban J connectivity index is 2.43. The minimum atomic E-state index is -0.218. The van der Waals surface area contributed by atoms with Crippen molar-refractivity contribution in [3.8, 4) is 0 Å². The molecule has 1 atom stereocenters. The van der Waals surface area contributed by atoms with Crippen molar-refractivity contribution in [2.45, 2.75) is 18.9 Å². The van der Waals surface area contributed by atoms with Gasteiger partial charge in [0.05, 0.1) is 0 Å². The van der Waals surface area contributed by atoms with Crippen LogP contribution >= 0.6 is 11.8 Å². The van der Waals surface area contributed by atoms with Gasteiger partial charge in [-0.05, 0) is 43.0 Å². The third-order valence-electron chi connectivity index (χ3n) is 2.38. The van der Waals surface area contributed by atoms with Gasteiger partial charge in [-0.1, -0.05) is 6.07 Å². The highest BCUT2D eigenvalue weighted by Gasteiger charge is 2.06. The summed E-state index contributed by atoms with van der Waals surface area (Å²) in [5.41, 5.74) is 6.48.